The van der Waals surface area contributed by atoms with Gasteiger partial charge in [-0.25, -0.2) is 11.7 Å². The Kier molecular flexibility index (Phi) is 4.49. The Morgan fingerprint density at radius 3 is 1.29 bits per heavy atom. The molecule has 0 aliphatic carbocycles. The zero-order chi connectivity index (χ0) is 19.7. The van der Waals surface area contributed by atoms with Gasteiger partial charge in [-0.15, -0.1) is 0 Å². The van der Waals surface area contributed by atoms with Gasteiger partial charge in [0.15, 0.2) is 0 Å². The Labute approximate surface area is 161 Å². The first-order valence-corrected chi connectivity index (χ1v) is 8.71. The van der Waals surface area contributed by atoms with E-state index in [0.717, 1.165) is 32.7 Å². The monoisotopic (exact) mass is 370 g/mol. The van der Waals surface area contributed by atoms with Gasteiger partial charge in [-0.05, 0) is 44.8 Å². The number of benzene rings is 4. The molecule has 0 saturated heterocycles. The maximum Gasteiger partial charge on any atom is 0.265 e. The highest BCUT2D eigenvalue weighted by atomic mass is 16.2. The Hall–Kier alpha value is -3.74. The summed E-state index contributed by atoms with van der Waals surface area (Å²) in [5.41, 5.74) is 7.31. The van der Waals surface area contributed by atoms with Crippen LogP contribution in [0.5, 0.6) is 0 Å². The molecule has 4 rings (SSSR count). The summed E-state index contributed by atoms with van der Waals surface area (Å²) in [7, 11) is 0. The van der Waals surface area contributed by atoms with Crippen LogP contribution >= 0.6 is 0 Å². The molecule has 2 amide bonds. The molecule has 6 heteroatoms. The zero-order valence-electron chi connectivity index (χ0n) is 14.9. The van der Waals surface area contributed by atoms with Crippen LogP contribution in [-0.2, 0) is 0 Å². The summed E-state index contributed by atoms with van der Waals surface area (Å²) in [5.74, 6) is 9.97. The van der Waals surface area contributed by atoms with E-state index in [1.807, 2.05) is 60.7 Å². The predicted octanol–water partition coefficient (Wildman–Crippen LogP) is 2.87. The van der Waals surface area contributed by atoms with Gasteiger partial charge in [-0.2, -0.15) is 0 Å². The molecule has 0 heterocycles. The summed E-state index contributed by atoms with van der Waals surface area (Å²) in [4.78, 5) is 24.3. The lowest BCUT2D eigenvalue weighted by atomic mass is 9.91. The number of nitrogens with two attached hydrogens (primary N) is 2. The van der Waals surface area contributed by atoms with Crippen LogP contribution in [-0.4, -0.2) is 11.8 Å². The molecule has 0 atom stereocenters. The molecule has 0 aliphatic heterocycles. The molecule has 6 N–H and O–H groups in total. The van der Waals surface area contributed by atoms with Crippen molar-refractivity contribution in [1.82, 2.24) is 10.9 Å². The summed E-state index contributed by atoms with van der Waals surface area (Å²) in [6, 6.07) is 22.6. The smallest absolute Gasteiger partial charge is 0.265 e. The minimum absolute atomic E-state index is 0.345. The number of carbonyl (C=O) groups excluding carboxylic acids is 2. The quantitative estimate of drug-likeness (QED) is 0.252. The number of hydrogen-bond acceptors (Lipinski definition) is 4. The summed E-state index contributed by atoms with van der Waals surface area (Å²) in [6.07, 6.45) is 0. The summed E-state index contributed by atoms with van der Waals surface area (Å²) < 4.78 is 0. The van der Waals surface area contributed by atoms with E-state index in [1.165, 1.54) is 0 Å². The number of rotatable bonds is 3. The second-order valence-electron chi connectivity index (χ2n) is 6.36. The maximum atomic E-state index is 12.1. The summed E-state index contributed by atoms with van der Waals surface area (Å²) >= 11 is 0. The molecule has 0 saturated carbocycles. The third kappa shape index (κ3) is 2.77. The average Bonchev–Trinajstić information content (AvgIpc) is 2.76. The predicted molar refractivity (Wildman–Crippen MR) is 110 cm³/mol. The lowest BCUT2D eigenvalue weighted by Crippen LogP contribution is -2.30. The van der Waals surface area contributed by atoms with Crippen LogP contribution in [0.15, 0.2) is 72.8 Å². The molecule has 4 aromatic rings. The number of fused-ring (bicyclic) bond motifs is 2. The van der Waals surface area contributed by atoms with Gasteiger partial charge in [0.25, 0.3) is 11.8 Å². The Morgan fingerprint density at radius 1 is 0.536 bits per heavy atom. The Morgan fingerprint density at radius 2 is 0.893 bits per heavy atom. The molecule has 0 aliphatic rings. The van der Waals surface area contributed by atoms with Crippen molar-refractivity contribution >= 4 is 33.4 Å². The van der Waals surface area contributed by atoms with Crippen LogP contribution in [0.25, 0.3) is 32.7 Å². The van der Waals surface area contributed by atoms with E-state index in [9.17, 15) is 9.59 Å². The fraction of sp³-hybridized carbons (Fsp3) is 0. The fourth-order valence-corrected chi connectivity index (χ4v) is 3.64. The van der Waals surface area contributed by atoms with Gasteiger partial charge in [0.2, 0.25) is 0 Å². The number of amides is 2. The third-order valence-corrected chi connectivity index (χ3v) is 4.89. The van der Waals surface area contributed by atoms with Crippen molar-refractivity contribution in [3.63, 3.8) is 0 Å². The van der Waals surface area contributed by atoms with Crippen LogP contribution in [0.2, 0.25) is 0 Å². The minimum Gasteiger partial charge on any atom is -0.290 e. The largest absolute Gasteiger partial charge is 0.290 e. The van der Waals surface area contributed by atoms with Crippen molar-refractivity contribution in [3.8, 4) is 11.1 Å². The molecular formula is C22H18N4O2. The van der Waals surface area contributed by atoms with Gasteiger partial charge < -0.3 is 0 Å². The molecule has 4 aromatic carbocycles. The van der Waals surface area contributed by atoms with Crippen molar-refractivity contribution in [2.24, 2.45) is 11.7 Å². The zero-order valence-corrected chi connectivity index (χ0v) is 14.9. The average molecular weight is 370 g/mol. The van der Waals surface area contributed by atoms with Crippen LogP contribution in [0.4, 0.5) is 0 Å². The molecule has 138 valence electrons. The molecule has 0 unspecified atom stereocenters. The van der Waals surface area contributed by atoms with Gasteiger partial charge in [-0.3, -0.25) is 20.4 Å². The van der Waals surface area contributed by atoms with E-state index in [0.29, 0.717) is 11.1 Å². The highest BCUT2D eigenvalue weighted by Crippen LogP contribution is 2.35. The second kappa shape index (κ2) is 7.11. The van der Waals surface area contributed by atoms with E-state index < -0.39 is 0 Å². The topological polar surface area (TPSA) is 110 Å². The molecule has 0 aromatic heterocycles. The first-order chi connectivity index (χ1) is 13.7. The molecule has 0 bridgehead atoms. The molecule has 0 fully saturated rings. The molecule has 6 nitrogen and oxygen atoms in total. The Balaban J connectivity index is 2.03. The van der Waals surface area contributed by atoms with Gasteiger partial charge >= 0.3 is 0 Å². The normalized spacial score (nSPS) is 10.8. The Bertz CT molecular complexity index is 1140. The van der Waals surface area contributed by atoms with Gasteiger partial charge in [-0.1, -0.05) is 60.7 Å². The number of carbonyl (C=O) groups is 2. The van der Waals surface area contributed by atoms with Crippen LogP contribution in [0.3, 0.4) is 0 Å². The van der Waals surface area contributed by atoms with Crippen molar-refractivity contribution in [3.05, 3.63) is 83.9 Å². The minimum atomic E-state index is -0.345. The van der Waals surface area contributed by atoms with E-state index >= 15 is 0 Å². The number of hydrazine groups is 2. The molecule has 28 heavy (non-hydrogen) atoms. The lowest BCUT2D eigenvalue weighted by molar-refractivity contribution is 0.0947. The third-order valence-electron chi connectivity index (χ3n) is 4.89. The fourth-order valence-electron chi connectivity index (χ4n) is 3.64. The first kappa shape index (κ1) is 17.7. The highest BCUT2D eigenvalue weighted by Gasteiger charge is 2.15. The van der Waals surface area contributed by atoms with E-state index in [4.69, 9.17) is 11.7 Å². The number of nitrogens with one attached hydrogen (secondary N) is 2. The SMILES string of the molecule is NNC(=O)c1cccc2c(-c3cccc4c(C(=O)NN)cccc34)cccc12. The highest BCUT2D eigenvalue weighted by molar-refractivity contribution is 6.15. The van der Waals surface area contributed by atoms with Crippen LogP contribution < -0.4 is 22.5 Å². The second-order valence-corrected chi connectivity index (χ2v) is 6.36. The van der Waals surface area contributed by atoms with Gasteiger partial charge in [0.1, 0.15) is 0 Å². The van der Waals surface area contributed by atoms with Crippen molar-refractivity contribution in [1.29, 1.82) is 0 Å². The van der Waals surface area contributed by atoms with Crippen molar-refractivity contribution in [2.75, 3.05) is 0 Å². The number of nitrogen functional groups attached to an aromatic ring is 2. The van der Waals surface area contributed by atoms with E-state index in [1.54, 1.807) is 12.1 Å². The van der Waals surface area contributed by atoms with Gasteiger partial charge in [0.05, 0.1) is 0 Å². The van der Waals surface area contributed by atoms with Crippen molar-refractivity contribution in [2.45, 2.75) is 0 Å². The van der Waals surface area contributed by atoms with Crippen molar-refractivity contribution < 1.29 is 9.59 Å². The van der Waals surface area contributed by atoms with E-state index in [2.05, 4.69) is 10.9 Å². The maximum absolute atomic E-state index is 12.1. The van der Waals surface area contributed by atoms with Crippen LogP contribution in [0, 0.1) is 0 Å². The van der Waals surface area contributed by atoms with Crippen LogP contribution in [0.1, 0.15) is 20.7 Å². The summed E-state index contributed by atoms with van der Waals surface area (Å²) in [6.45, 7) is 0. The molecule has 0 spiro atoms. The lowest BCUT2D eigenvalue weighted by Gasteiger charge is -2.13. The first-order valence-electron chi connectivity index (χ1n) is 8.71. The summed E-state index contributed by atoms with van der Waals surface area (Å²) in [5, 5.41) is 3.45. The standard InChI is InChI=1S/C22H18N4O2/c23-25-21(27)19-11-3-7-15-13(5-1-9-17(15)19)14-6-2-10-18-16(14)8-4-12-20(18)22(28)26-24/h1-12H,23-24H2,(H,25,27)(H,26,28). The molecule has 0 radical (unpaired) electrons. The van der Waals surface area contributed by atoms with E-state index in [-0.39, 0.29) is 11.8 Å². The number of hydrogen-bond donors (Lipinski definition) is 4. The van der Waals surface area contributed by atoms with Gasteiger partial charge in [0, 0.05) is 11.1 Å². The molecular weight excluding hydrogens is 352 g/mol.